The molecular formula is C15H14N4O. The van der Waals surface area contributed by atoms with Gasteiger partial charge in [0.25, 0.3) is 5.91 Å². The molecule has 3 aromatic rings. The zero-order valence-electron chi connectivity index (χ0n) is 11.3. The number of hydrogen-bond donors (Lipinski definition) is 1. The third-order valence-electron chi connectivity index (χ3n) is 3.24. The molecule has 1 aromatic carbocycles. The molecule has 0 aliphatic heterocycles. The summed E-state index contributed by atoms with van der Waals surface area (Å²) in [6, 6.07) is 11.2. The number of nitrogens with one attached hydrogen (secondary N) is 1. The van der Waals surface area contributed by atoms with Gasteiger partial charge >= 0.3 is 0 Å². The van der Waals surface area contributed by atoms with Crippen LogP contribution in [0.4, 0.5) is 5.69 Å². The molecule has 1 amide bonds. The fourth-order valence-corrected chi connectivity index (χ4v) is 2.06. The highest BCUT2D eigenvalue weighted by Crippen LogP contribution is 2.15. The third kappa shape index (κ3) is 2.14. The fraction of sp³-hybridized carbons (Fsp3) is 0.133. The number of hydrogen-bond acceptors (Lipinski definition) is 3. The highest BCUT2D eigenvalue weighted by molar-refractivity contribution is 6.05. The van der Waals surface area contributed by atoms with Gasteiger partial charge in [0.15, 0.2) is 5.65 Å². The summed E-state index contributed by atoms with van der Waals surface area (Å²) in [6.07, 6.45) is 1.80. The Morgan fingerprint density at radius 3 is 2.75 bits per heavy atom. The third-order valence-corrected chi connectivity index (χ3v) is 3.24. The van der Waals surface area contributed by atoms with Crippen LogP contribution in [0.25, 0.3) is 5.65 Å². The van der Waals surface area contributed by atoms with Gasteiger partial charge in [0, 0.05) is 17.4 Å². The van der Waals surface area contributed by atoms with Gasteiger partial charge in [-0.3, -0.25) is 9.20 Å². The summed E-state index contributed by atoms with van der Waals surface area (Å²) in [4.78, 5) is 12.2. The van der Waals surface area contributed by atoms with Crippen molar-refractivity contribution in [2.75, 3.05) is 5.32 Å². The summed E-state index contributed by atoms with van der Waals surface area (Å²) in [5, 5.41) is 10.9. The van der Waals surface area contributed by atoms with E-state index in [-0.39, 0.29) is 5.91 Å². The standard InChI is InChI=1S/C15H14N4O/c1-10-5-3-4-6-13(10)16-15(20)12-7-8-19-11(2)17-18-14(19)9-12/h3-9H,1-2H3,(H,16,20). The second kappa shape index (κ2) is 4.77. The number of benzene rings is 1. The van der Waals surface area contributed by atoms with Crippen molar-refractivity contribution in [2.24, 2.45) is 0 Å². The van der Waals surface area contributed by atoms with E-state index in [4.69, 9.17) is 0 Å². The maximum atomic E-state index is 12.2. The van der Waals surface area contributed by atoms with E-state index < -0.39 is 0 Å². The summed E-state index contributed by atoms with van der Waals surface area (Å²) < 4.78 is 1.84. The summed E-state index contributed by atoms with van der Waals surface area (Å²) >= 11 is 0. The van der Waals surface area contributed by atoms with E-state index in [0.29, 0.717) is 11.2 Å². The van der Waals surface area contributed by atoms with Crippen LogP contribution in [-0.2, 0) is 0 Å². The van der Waals surface area contributed by atoms with Gasteiger partial charge in [-0.25, -0.2) is 0 Å². The van der Waals surface area contributed by atoms with Crippen LogP contribution in [-0.4, -0.2) is 20.5 Å². The smallest absolute Gasteiger partial charge is 0.255 e. The van der Waals surface area contributed by atoms with Gasteiger partial charge in [0.05, 0.1) is 0 Å². The molecule has 0 saturated heterocycles. The predicted molar refractivity (Wildman–Crippen MR) is 76.9 cm³/mol. The molecule has 20 heavy (non-hydrogen) atoms. The van der Waals surface area contributed by atoms with E-state index in [1.165, 1.54) is 0 Å². The van der Waals surface area contributed by atoms with Crippen molar-refractivity contribution in [1.82, 2.24) is 14.6 Å². The lowest BCUT2D eigenvalue weighted by Crippen LogP contribution is -2.13. The van der Waals surface area contributed by atoms with Crippen molar-refractivity contribution in [3.63, 3.8) is 0 Å². The Morgan fingerprint density at radius 1 is 1.15 bits per heavy atom. The van der Waals surface area contributed by atoms with Crippen LogP contribution < -0.4 is 5.32 Å². The maximum Gasteiger partial charge on any atom is 0.255 e. The van der Waals surface area contributed by atoms with Crippen molar-refractivity contribution in [2.45, 2.75) is 13.8 Å². The zero-order valence-corrected chi connectivity index (χ0v) is 11.3. The van der Waals surface area contributed by atoms with Gasteiger partial charge in [0.1, 0.15) is 5.82 Å². The Morgan fingerprint density at radius 2 is 1.95 bits per heavy atom. The number of carbonyl (C=O) groups excluding carboxylic acids is 1. The Kier molecular flexibility index (Phi) is 2.95. The van der Waals surface area contributed by atoms with E-state index in [1.54, 1.807) is 18.3 Å². The number of pyridine rings is 1. The minimum atomic E-state index is -0.151. The molecule has 2 heterocycles. The molecule has 0 atom stereocenters. The Balaban J connectivity index is 1.91. The lowest BCUT2D eigenvalue weighted by atomic mass is 10.2. The van der Waals surface area contributed by atoms with Crippen LogP contribution >= 0.6 is 0 Å². The fourth-order valence-electron chi connectivity index (χ4n) is 2.06. The Hall–Kier alpha value is -2.69. The quantitative estimate of drug-likeness (QED) is 0.775. The molecule has 100 valence electrons. The van der Waals surface area contributed by atoms with Crippen LogP contribution in [0.2, 0.25) is 0 Å². The number of aryl methyl sites for hydroxylation is 2. The van der Waals surface area contributed by atoms with Crippen molar-refractivity contribution < 1.29 is 4.79 Å². The van der Waals surface area contributed by atoms with E-state index in [2.05, 4.69) is 15.5 Å². The Bertz CT molecular complexity index is 791. The number of para-hydroxylation sites is 1. The minimum absolute atomic E-state index is 0.151. The second-order valence-corrected chi connectivity index (χ2v) is 4.66. The highest BCUT2D eigenvalue weighted by Gasteiger charge is 2.09. The highest BCUT2D eigenvalue weighted by atomic mass is 16.1. The monoisotopic (exact) mass is 266 g/mol. The number of carbonyl (C=O) groups is 1. The number of nitrogens with zero attached hydrogens (tertiary/aromatic N) is 3. The van der Waals surface area contributed by atoms with Gasteiger partial charge in [-0.05, 0) is 37.6 Å². The van der Waals surface area contributed by atoms with Gasteiger partial charge in [-0.1, -0.05) is 18.2 Å². The number of fused-ring (bicyclic) bond motifs is 1. The number of anilines is 1. The van der Waals surface area contributed by atoms with Crippen LogP contribution in [0.3, 0.4) is 0 Å². The van der Waals surface area contributed by atoms with Crippen LogP contribution in [0.1, 0.15) is 21.7 Å². The lowest BCUT2D eigenvalue weighted by Gasteiger charge is -2.08. The predicted octanol–water partition coefficient (Wildman–Crippen LogP) is 2.60. The van der Waals surface area contributed by atoms with Gasteiger partial charge in [-0.15, -0.1) is 10.2 Å². The van der Waals surface area contributed by atoms with E-state index in [0.717, 1.165) is 17.1 Å². The molecule has 0 fully saturated rings. The SMILES string of the molecule is Cc1ccccc1NC(=O)c1ccn2c(C)nnc2c1. The average molecular weight is 266 g/mol. The molecule has 0 aliphatic carbocycles. The molecule has 2 aromatic heterocycles. The number of aromatic nitrogens is 3. The molecule has 0 unspecified atom stereocenters. The molecule has 0 spiro atoms. The van der Waals surface area contributed by atoms with Crippen LogP contribution in [0.15, 0.2) is 42.6 Å². The summed E-state index contributed by atoms with van der Waals surface area (Å²) in [5.41, 5.74) is 3.07. The first-order valence-electron chi connectivity index (χ1n) is 6.33. The zero-order chi connectivity index (χ0) is 14.1. The molecule has 0 bridgehead atoms. The molecule has 1 N–H and O–H groups in total. The summed E-state index contributed by atoms with van der Waals surface area (Å²) in [5.74, 6) is 0.647. The van der Waals surface area contributed by atoms with Crippen LogP contribution in [0, 0.1) is 13.8 Å². The Labute approximate surface area is 116 Å². The van der Waals surface area contributed by atoms with Crippen LogP contribution in [0.5, 0.6) is 0 Å². The minimum Gasteiger partial charge on any atom is -0.322 e. The van der Waals surface area contributed by atoms with Gasteiger partial charge < -0.3 is 5.32 Å². The molecule has 5 nitrogen and oxygen atoms in total. The molecular weight excluding hydrogens is 252 g/mol. The number of amides is 1. The molecule has 0 saturated carbocycles. The maximum absolute atomic E-state index is 12.2. The average Bonchev–Trinajstić information content (AvgIpc) is 2.82. The summed E-state index contributed by atoms with van der Waals surface area (Å²) in [6.45, 7) is 3.83. The first kappa shape index (κ1) is 12.3. The van der Waals surface area contributed by atoms with Crippen molar-refractivity contribution >= 4 is 17.2 Å². The number of rotatable bonds is 2. The first-order chi connectivity index (χ1) is 9.65. The van der Waals surface area contributed by atoms with E-state index in [1.807, 2.05) is 42.5 Å². The topological polar surface area (TPSA) is 59.3 Å². The molecule has 5 heteroatoms. The molecule has 0 aliphatic rings. The van der Waals surface area contributed by atoms with Crippen molar-refractivity contribution in [1.29, 1.82) is 0 Å². The largest absolute Gasteiger partial charge is 0.322 e. The first-order valence-corrected chi connectivity index (χ1v) is 6.33. The molecule has 3 rings (SSSR count). The van der Waals surface area contributed by atoms with E-state index in [9.17, 15) is 4.79 Å². The van der Waals surface area contributed by atoms with Gasteiger partial charge in [0.2, 0.25) is 0 Å². The molecule has 0 radical (unpaired) electrons. The van der Waals surface area contributed by atoms with Gasteiger partial charge in [-0.2, -0.15) is 0 Å². The normalized spacial score (nSPS) is 10.7. The van der Waals surface area contributed by atoms with Crippen molar-refractivity contribution in [3.05, 3.63) is 59.5 Å². The summed E-state index contributed by atoms with van der Waals surface area (Å²) in [7, 11) is 0. The second-order valence-electron chi connectivity index (χ2n) is 4.66. The lowest BCUT2D eigenvalue weighted by molar-refractivity contribution is 0.102. The van der Waals surface area contributed by atoms with Crippen molar-refractivity contribution in [3.8, 4) is 0 Å². The van der Waals surface area contributed by atoms with E-state index >= 15 is 0 Å².